The maximum atomic E-state index is 12.2. The van der Waals surface area contributed by atoms with Crippen molar-refractivity contribution in [2.45, 2.75) is 24.3 Å². The van der Waals surface area contributed by atoms with Gasteiger partial charge < -0.3 is 10.3 Å². The van der Waals surface area contributed by atoms with Crippen molar-refractivity contribution in [1.29, 1.82) is 0 Å². The molecule has 1 aromatic heterocycles. The molecule has 0 spiro atoms. The maximum absolute atomic E-state index is 12.2. The molecule has 102 valence electrons. The Labute approximate surface area is 109 Å². The minimum atomic E-state index is -3.38. The second-order valence-corrected chi connectivity index (χ2v) is 6.19. The van der Waals surface area contributed by atoms with Crippen molar-refractivity contribution in [2.24, 2.45) is 0 Å². The van der Waals surface area contributed by atoms with Gasteiger partial charge in [0.1, 0.15) is 0 Å². The molecule has 0 aliphatic carbocycles. The first-order chi connectivity index (χ1) is 8.52. The van der Waals surface area contributed by atoms with Crippen LogP contribution in [-0.4, -0.2) is 38.3 Å². The Morgan fingerprint density at radius 2 is 2.28 bits per heavy atom. The van der Waals surface area contributed by atoms with E-state index in [0.29, 0.717) is 18.0 Å². The van der Waals surface area contributed by atoms with Crippen LogP contribution >= 0.6 is 0 Å². The van der Waals surface area contributed by atoms with Gasteiger partial charge in [0.15, 0.2) is 0 Å². The number of aromatic amines is 1. The summed E-state index contributed by atoms with van der Waals surface area (Å²) < 4.78 is 25.8. The Kier molecular flexibility index (Phi) is 5.58. The van der Waals surface area contributed by atoms with Crippen LogP contribution in [0.1, 0.15) is 18.5 Å². The van der Waals surface area contributed by atoms with Crippen molar-refractivity contribution in [1.82, 2.24) is 14.6 Å². The predicted octanol–water partition coefficient (Wildman–Crippen LogP) is 1.32. The van der Waals surface area contributed by atoms with E-state index < -0.39 is 10.0 Å². The summed E-state index contributed by atoms with van der Waals surface area (Å²) >= 11 is 0. The number of nitrogens with one attached hydrogen (secondary N) is 2. The maximum Gasteiger partial charge on any atom is 0.244 e. The van der Waals surface area contributed by atoms with E-state index in [0.717, 1.165) is 18.5 Å². The smallest absolute Gasteiger partial charge is 0.244 e. The molecule has 2 N–H and O–H groups in total. The van der Waals surface area contributed by atoms with Crippen LogP contribution in [0.5, 0.6) is 0 Å². The Morgan fingerprint density at radius 1 is 1.56 bits per heavy atom. The second kappa shape index (κ2) is 6.72. The Balaban J connectivity index is 2.74. The first-order valence-electron chi connectivity index (χ1n) is 5.91. The number of sulfonamides is 1. The van der Waals surface area contributed by atoms with Crippen LogP contribution in [0.15, 0.2) is 29.8 Å². The van der Waals surface area contributed by atoms with Crippen molar-refractivity contribution in [2.75, 3.05) is 20.6 Å². The standard InChI is InChI=1S/C12H21N3O2S/c1-4-5-6-7-15(3)18(16,17)12-8-11(9-13-2)14-10-12/h4,8,10,13-14H,1,5-7,9H2,2-3H3. The SMILES string of the molecule is C=CCCCN(C)S(=O)(=O)c1c[nH]c(CNC)c1. The molecule has 0 saturated carbocycles. The van der Waals surface area contributed by atoms with E-state index in [1.54, 1.807) is 19.2 Å². The van der Waals surface area contributed by atoms with Gasteiger partial charge in [-0.05, 0) is 26.0 Å². The van der Waals surface area contributed by atoms with E-state index in [1.807, 2.05) is 7.05 Å². The molecule has 0 saturated heterocycles. The molecule has 6 heteroatoms. The number of aromatic nitrogens is 1. The molecular formula is C12H21N3O2S. The number of unbranched alkanes of at least 4 members (excludes halogenated alkanes) is 1. The van der Waals surface area contributed by atoms with Crippen LogP contribution in [0, 0.1) is 0 Å². The topological polar surface area (TPSA) is 65.2 Å². The molecular weight excluding hydrogens is 250 g/mol. The molecule has 0 fully saturated rings. The van der Waals surface area contributed by atoms with Gasteiger partial charge in [0.05, 0.1) is 4.90 Å². The molecule has 1 aromatic rings. The molecule has 1 heterocycles. The quantitative estimate of drug-likeness (QED) is 0.553. The number of hydrogen-bond donors (Lipinski definition) is 2. The molecule has 5 nitrogen and oxygen atoms in total. The van der Waals surface area contributed by atoms with Crippen LogP contribution in [0.25, 0.3) is 0 Å². The lowest BCUT2D eigenvalue weighted by Gasteiger charge is -2.15. The molecule has 18 heavy (non-hydrogen) atoms. The minimum absolute atomic E-state index is 0.314. The van der Waals surface area contributed by atoms with E-state index >= 15 is 0 Å². The van der Waals surface area contributed by atoms with Gasteiger partial charge in [-0.15, -0.1) is 6.58 Å². The van der Waals surface area contributed by atoms with E-state index in [4.69, 9.17) is 0 Å². The summed E-state index contributed by atoms with van der Waals surface area (Å²) in [5.74, 6) is 0. The van der Waals surface area contributed by atoms with Crippen LogP contribution in [-0.2, 0) is 16.6 Å². The van der Waals surface area contributed by atoms with Gasteiger partial charge in [-0.25, -0.2) is 12.7 Å². The van der Waals surface area contributed by atoms with Crippen molar-refractivity contribution < 1.29 is 8.42 Å². The average molecular weight is 271 g/mol. The lowest BCUT2D eigenvalue weighted by atomic mass is 10.3. The Morgan fingerprint density at radius 3 is 2.89 bits per heavy atom. The van der Waals surface area contributed by atoms with Gasteiger partial charge in [0, 0.05) is 32.0 Å². The summed E-state index contributed by atoms with van der Waals surface area (Å²) in [5, 5.41) is 2.97. The van der Waals surface area contributed by atoms with E-state index in [9.17, 15) is 8.42 Å². The molecule has 0 amide bonds. The van der Waals surface area contributed by atoms with Gasteiger partial charge in [-0.1, -0.05) is 6.08 Å². The van der Waals surface area contributed by atoms with Gasteiger partial charge in [0.2, 0.25) is 10.0 Å². The Bertz CT molecular complexity index is 479. The van der Waals surface area contributed by atoms with Crippen LogP contribution in [0.3, 0.4) is 0 Å². The van der Waals surface area contributed by atoms with E-state index in [2.05, 4.69) is 16.9 Å². The molecule has 0 aliphatic rings. The fourth-order valence-electron chi connectivity index (χ4n) is 1.62. The second-order valence-electron chi connectivity index (χ2n) is 4.15. The summed E-state index contributed by atoms with van der Waals surface area (Å²) in [6.07, 6.45) is 4.93. The molecule has 0 atom stereocenters. The summed E-state index contributed by atoms with van der Waals surface area (Å²) in [7, 11) is 0.0393. The largest absolute Gasteiger partial charge is 0.363 e. The van der Waals surface area contributed by atoms with Gasteiger partial charge >= 0.3 is 0 Å². The van der Waals surface area contributed by atoms with E-state index in [1.165, 1.54) is 10.5 Å². The van der Waals surface area contributed by atoms with Crippen molar-refractivity contribution in [3.63, 3.8) is 0 Å². The molecule has 0 radical (unpaired) electrons. The predicted molar refractivity (Wildman–Crippen MR) is 72.8 cm³/mol. The van der Waals surface area contributed by atoms with Gasteiger partial charge in [0.25, 0.3) is 0 Å². The summed E-state index contributed by atoms with van der Waals surface area (Å²) in [5.41, 5.74) is 0.857. The zero-order valence-electron chi connectivity index (χ0n) is 10.9. The van der Waals surface area contributed by atoms with Crippen LogP contribution < -0.4 is 5.32 Å². The molecule has 0 unspecified atom stereocenters. The number of rotatable bonds is 8. The monoisotopic (exact) mass is 271 g/mol. The highest BCUT2D eigenvalue weighted by Crippen LogP contribution is 2.16. The number of H-pyrrole nitrogens is 1. The van der Waals surface area contributed by atoms with E-state index in [-0.39, 0.29) is 0 Å². The summed E-state index contributed by atoms with van der Waals surface area (Å²) in [6.45, 7) is 4.74. The number of nitrogens with zero attached hydrogens (tertiary/aromatic N) is 1. The normalized spacial score (nSPS) is 11.9. The summed E-state index contributed by atoms with van der Waals surface area (Å²) in [6, 6.07) is 1.66. The zero-order chi connectivity index (χ0) is 13.6. The van der Waals surface area contributed by atoms with Crippen molar-refractivity contribution >= 4 is 10.0 Å². The minimum Gasteiger partial charge on any atom is -0.363 e. The molecule has 1 rings (SSSR count). The number of hydrogen-bond acceptors (Lipinski definition) is 3. The molecule has 0 aliphatic heterocycles. The van der Waals surface area contributed by atoms with Gasteiger partial charge in [-0.3, -0.25) is 0 Å². The first kappa shape index (κ1) is 14.9. The van der Waals surface area contributed by atoms with Crippen molar-refractivity contribution in [3.05, 3.63) is 30.6 Å². The summed E-state index contributed by atoms with van der Waals surface area (Å²) in [4.78, 5) is 3.26. The van der Waals surface area contributed by atoms with Crippen molar-refractivity contribution in [3.8, 4) is 0 Å². The highest BCUT2D eigenvalue weighted by Gasteiger charge is 2.21. The lowest BCUT2D eigenvalue weighted by molar-refractivity contribution is 0.463. The Hall–Kier alpha value is -1.11. The zero-order valence-corrected chi connectivity index (χ0v) is 11.8. The third-order valence-electron chi connectivity index (χ3n) is 2.67. The third kappa shape index (κ3) is 3.69. The third-order valence-corrected chi connectivity index (χ3v) is 4.51. The highest BCUT2D eigenvalue weighted by molar-refractivity contribution is 7.89. The molecule has 0 bridgehead atoms. The van der Waals surface area contributed by atoms with Crippen LogP contribution in [0.4, 0.5) is 0 Å². The average Bonchev–Trinajstić information content (AvgIpc) is 2.79. The number of allylic oxidation sites excluding steroid dienone is 1. The van der Waals surface area contributed by atoms with Crippen LogP contribution in [0.2, 0.25) is 0 Å². The fourth-order valence-corrected chi connectivity index (χ4v) is 2.85. The highest BCUT2D eigenvalue weighted by atomic mass is 32.2. The molecule has 0 aromatic carbocycles. The lowest BCUT2D eigenvalue weighted by Crippen LogP contribution is -2.27. The first-order valence-corrected chi connectivity index (χ1v) is 7.35. The fraction of sp³-hybridized carbons (Fsp3) is 0.500. The van der Waals surface area contributed by atoms with Gasteiger partial charge in [-0.2, -0.15) is 0 Å².